The first-order valence-corrected chi connectivity index (χ1v) is 10.1. The number of hydrogen-bond acceptors (Lipinski definition) is 3. The molecule has 4 nitrogen and oxygen atoms in total. The van der Waals surface area contributed by atoms with E-state index in [2.05, 4.69) is 46.3 Å². The van der Waals surface area contributed by atoms with Gasteiger partial charge < -0.3 is 10.2 Å². The minimum Gasteiger partial charge on any atom is -0.369 e. The Morgan fingerprint density at radius 1 is 1.00 bits per heavy atom. The maximum absolute atomic E-state index is 12.5. The van der Waals surface area contributed by atoms with Gasteiger partial charge in [0.15, 0.2) is 0 Å². The third-order valence-corrected chi connectivity index (χ3v) is 6.40. The highest BCUT2D eigenvalue weighted by atomic mass is 16.1. The Balaban J connectivity index is 1.30. The minimum atomic E-state index is 0.123. The lowest BCUT2D eigenvalue weighted by Gasteiger charge is -2.36. The van der Waals surface area contributed by atoms with Crippen molar-refractivity contribution in [2.45, 2.75) is 51.5 Å². The summed E-state index contributed by atoms with van der Waals surface area (Å²) in [5.41, 5.74) is 2.20. The van der Waals surface area contributed by atoms with Crippen molar-refractivity contribution in [3.8, 4) is 0 Å². The molecular weight excluding hydrogens is 310 g/mol. The zero-order valence-corrected chi connectivity index (χ0v) is 15.4. The van der Waals surface area contributed by atoms with E-state index in [0.29, 0.717) is 5.92 Å². The van der Waals surface area contributed by atoms with Crippen molar-refractivity contribution in [1.29, 1.82) is 0 Å². The average Bonchev–Trinajstić information content (AvgIpc) is 3.36. The first-order valence-electron chi connectivity index (χ1n) is 10.1. The molecule has 136 valence electrons. The maximum atomic E-state index is 12.5. The third kappa shape index (κ3) is 4.00. The Kier molecular flexibility index (Phi) is 4.98. The highest BCUT2D eigenvalue weighted by molar-refractivity contribution is 5.92. The van der Waals surface area contributed by atoms with Gasteiger partial charge in [0.25, 0.3) is 0 Å². The maximum Gasteiger partial charge on any atom is 0.227 e. The van der Waals surface area contributed by atoms with Gasteiger partial charge in [0.05, 0.1) is 0 Å². The van der Waals surface area contributed by atoms with Crippen LogP contribution in [0.25, 0.3) is 0 Å². The predicted octanol–water partition coefficient (Wildman–Crippen LogP) is 3.74. The summed E-state index contributed by atoms with van der Waals surface area (Å²) in [6.07, 6.45) is 7.78. The summed E-state index contributed by atoms with van der Waals surface area (Å²) in [6.45, 7) is 6.67. The summed E-state index contributed by atoms with van der Waals surface area (Å²) in [7, 11) is 0. The second kappa shape index (κ2) is 7.36. The van der Waals surface area contributed by atoms with E-state index < -0.39 is 0 Å². The van der Waals surface area contributed by atoms with Gasteiger partial charge in [-0.1, -0.05) is 19.8 Å². The van der Waals surface area contributed by atoms with E-state index in [1.54, 1.807) is 0 Å². The van der Waals surface area contributed by atoms with E-state index in [9.17, 15) is 4.79 Å². The molecule has 2 saturated carbocycles. The number of nitrogens with one attached hydrogen (secondary N) is 1. The van der Waals surface area contributed by atoms with Gasteiger partial charge in [-0.3, -0.25) is 9.69 Å². The smallest absolute Gasteiger partial charge is 0.227 e. The second-order valence-corrected chi connectivity index (χ2v) is 8.12. The molecule has 1 N–H and O–H groups in total. The predicted molar refractivity (Wildman–Crippen MR) is 103 cm³/mol. The summed E-state index contributed by atoms with van der Waals surface area (Å²) in [5, 5.41) is 3.11. The third-order valence-electron chi connectivity index (χ3n) is 6.40. The largest absolute Gasteiger partial charge is 0.369 e. The van der Waals surface area contributed by atoms with Crippen LogP contribution in [-0.2, 0) is 4.79 Å². The molecule has 0 bridgehead atoms. The van der Waals surface area contributed by atoms with Gasteiger partial charge in [0.2, 0.25) is 5.91 Å². The van der Waals surface area contributed by atoms with Crippen molar-refractivity contribution in [1.82, 2.24) is 4.90 Å². The zero-order chi connectivity index (χ0) is 17.2. The molecular formula is C21H31N3O. The number of anilines is 2. The standard InChI is InChI=1S/C21H31N3O/c1-16(17-4-2-3-5-17)21(25)22-18-6-8-19(9-7-18)23-12-14-24(15-13-23)20-10-11-20/h6-9,16-17,20H,2-5,10-15H2,1H3,(H,22,25). The molecule has 1 unspecified atom stereocenters. The van der Waals surface area contributed by atoms with Gasteiger partial charge in [-0.15, -0.1) is 0 Å². The lowest BCUT2D eigenvalue weighted by Crippen LogP contribution is -2.47. The fourth-order valence-corrected chi connectivity index (χ4v) is 4.47. The lowest BCUT2D eigenvalue weighted by molar-refractivity contribution is -0.120. The molecule has 4 rings (SSSR count). The molecule has 0 radical (unpaired) electrons. The molecule has 0 spiro atoms. The van der Waals surface area contributed by atoms with E-state index in [1.807, 2.05) is 0 Å². The van der Waals surface area contributed by atoms with Gasteiger partial charge in [-0.25, -0.2) is 0 Å². The van der Waals surface area contributed by atoms with Crippen LogP contribution in [0.3, 0.4) is 0 Å². The van der Waals surface area contributed by atoms with Crippen LogP contribution in [0, 0.1) is 11.8 Å². The number of hydrogen-bond donors (Lipinski definition) is 1. The Morgan fingerprint density at radius 2 is 1.64 bits per heavy atom. The van der Waals surface area contributed by atoms with Crippen LogP contribution in [0.5, 0.6) is 0 Å². The fraction of sp³-hybridized carbons (Fsp3) is 0.667. The van der Waals surface area contributed by atoms with E-state index in [1.165, 1.54) is 57.3 Å². The molecule has 3 fully saturated rings. The number of amides is 1. The number of benzene rings is 1. The van der Waals surface area contributed by atoms with Gasteiger partial charge in [-0.2, -0.15) is 0 Å². The number of carbonyl (C=O) groups excluding carboxylic acids is 1. The monoisotopic (exact) mass is 341 g/mol. The minimum absolute atomic E-state index is 0.123. The van der Waals surface area contributed by atoms with Crippen LogP contribution in [0.1, 0.15) is 45.4 Å². The molecule has 1 heterocycles. The molecule has 3 aliphatic rings. The van der Waals surface area contributed by atoms with Gasteiger partial charge in [0, 0.05) is 49.5 Å². The fourth-order valence-electron chi connectivity index (χ4n) is 4.47. The Labute approximate surface area is 151 Å². The van der Waals surface area contributed by atoms with Crippen molar-refractivity contribution in [3.05, 3.63) is 24.3 Å². The van der Waals surface area contributed by atoms with Crippen molar-refractivity contribution < 1.29 is 4.79 Å². The number of nitrogens with zero attached hydrogens (tertiary/aromatic N) is 2. The molecule has 2 aliphatic carbocycles. The van der Waals surface area contributed by atoms with Crippen LogP contribution < -0.4 is 10.2 Å². The highest BCUT2D eigenvalue weighted by Gasteiger charge is 2.31. The Bertz CT molecular complexity index is 582. The molecule has 1 atom stereocenters. The number of carbonyl (C=O) groups is 1. The van der Waals surface area contributed by atoms with E-state index >= 15 is 0 Å². The normalized spacial score (nSPS) is 23.6. The quantitative estimate of drug-likeness (QED) is 0.886. The van der Waals surface area contributed by atoms with Gasteiger partial charge >= 0.3 is 0 Å². The van der Waals surface area contributed by atoms with Crippen LogP contribution in [0.4, 0.5) is 11.4 Å². The van der Waals surface area contributed by atoms with Gasteiger partial charge in [-0.05, 0) is 55.9 Å². The first kappa shape index (κ1) is 16.9. The summed E-state index contributed by atoms with van der Waals surface area (Å²) in [5.74, 6) is 0.873. The Morgan fingerprint density at radius 3 is 2.24 bits per heavy atom. The van der Waals surface area contributed by atoms with Crippen molar-refractivity contribution >= 4 is 17.3 Å². The topological polar surface area (TPSA) is 35.6 Å². The zero-order valence-electron chi connectivity index (χ0n) is 15.4. The molecule has 1 amide bonds. The van der Waals surface area contributed by atoms with Crippen LogP contribution in [0.15, 0.2) is 24.3 Å². The molecule has 0 aromatic heterocycles. The van der Waals surface area contributed by atoms with E-state index in [-0.39, 0.29) is 11.8 Å². The lowest BCUT2D eigenvalue weighted by atomic mass is 9.92. The summed E-state index contributed by atoms with van der Waals surface area (Å²) in [4.78, 5) is 17.6. The molecule has 1 aliphatic heterocycles. The van der Waals surface area contributed by atoms with Crippen molar-refractivity contribution in [2.24, 2.45) is 11.8 Å². The van der Waals surface area contributed by atoms with Crippen LogP contribution >= 0.6 is 0 Å². The molecule has 1 aromatic rings. The van der Waals surface area contributed by atoms with Crippen molar-refractivity contribution in [3.63, 3.8) is 0 Å². The number of rotatable bonds is 5. The second-order valence-electron chi connectivity index (χ2n) is 8.12. The molecule has 1 aromatic carbocycles. The van der Waals surface area contributed by atoms with Crippen LogP contribution in [-0.4, -0.2) is 43.0 Å². The molecule has 4 heteroatoms. The van der Waals surface area contributed by atoms with Crippen LogP contribution in [0.2, 0.25) is 0 Å². The summed E-state index contributed by atoms with van der Waals surface area (Å²) in [6, 6.07) is 9.30. The summed E-state index contributed by atoms with van der Waals surface area (Å²) < 4.78 is 0. The summed E-state index contributed by atoms with van der Waals surface area (Å²) >= 11 is 0. The molecule has 25 heavy (non-hydrogen) atoms. The van der Waals surface area contributed by atoms with E-state index in [0.717, 1.165) is 24.8 Å². The Hall–Kier alpha value is -1.55. The first-order chi connectivity index (χ1) is 12.2. The SMILES string of the molecule is CC(C(=O)Nc1ccc(N2CCN(C3CC3)CC2)cc1)C1CCCC1. The van der Waals surface area contributed by atoms with Gasteiger partial charge in [0.1, 0.15) is 0 Å². The van der Waals surface area contributed by atoms with Crippen molar-refractivity contribution in [2.75, 3.05) is 36.4 Å². The average molecular weight is 341 g/mol. The highest BCUT2D eigenvalue weighted by Crippen LogP contribution is 2.32. The number of piperazine rings is 1. The molecule has 1 saturated heterocycles. The van der Waals surface area contributed by atoms with E-state index in [4.69, 9.17) is 0 Å².